The number of ether oxygens (including phenoxy) is 5. The molecule has 0 fully saturated rings. The van der Waals surface area contributed by atoms with E-state index in [4.69, 9.17) is 23.7 Å². The molecule has 0 saturated heterocycles. The molecule has 2 aromatic carbocycles. The topological polar surface area (TPSA) is 76.1 Å². The molecule has 1 aromatic heterocycles. The summed E-state index contributed by atoms with van der Waals surface area (Å²) in [6.45, 7) is 0.340. The predicted molar refractivity (Wildman–Crippen MR) is 87.7 cm³/mol. The van der Waals surface area contributed by atoms with E-state index < -0.39 is 12.1 Å². The molecule has 7 heteroatoms. The fourth-order valence-electron chi connectivity index (χ4n) is 3.58. The van der Waals surface area contributed by atoms with Gasteiger partial charge in [-0.05, 0) is 35.7 Å². The minimum Gasteiger partial charge on any atom is -0.454 e. The molecule has 0 N–H and O–H groups in total. The van der Waals surface area contributed by atoms with Crippen molar-refractivity contribution in [3.05, 3.63) is 53.3 Å². The van der Waals surface area contributed by atoms with Gasteiger partial charge in [0.15, 0.2) is 29.1 Å². The lowest BCUT2D eigenvalue weighted by atomic mass is 9.98. The van der Waals surface area contributed by atoms with Crippen molar-refractivity contribution in [1.29, 1.82) is 0 Å². The second kappa shape index (κ2) is 4.78. The first-order valence-electron chi connectivity index (χ1n) is 8.11. The van der Waals surface area contributed by atoms with Gasteiger partial charge in [0.2, 0.25) is 13.6 Å². The second-order valence-electron chi connectivity index (χ2n) is 6.20. The van der Waals surface area contributed by atoms with Gasteiger partial charge in [0, 0.05) is 17.1 Å². The van der Waals surface area contributed by atoms with E-state index in [9.17, 15) is 4.79 Å². The lowest BCUT2D eigenvalue weighted by Gasteiger charge is -2.13. The second-order valence-corrected chi connectivity index (χ2v) is 6.20. The minimum absolute atomic E-state index is 0.147. The largest absolute Gasteiger partial charge is 0.454 e. The third kappa shape index (κ3) is 1.77. The monoisotopic (exact) mass is 349 g/mol. The molecular formula is C19H11NO6. The molecule has 7 nitrogen and oxygen atoms in total. The van der Waals surface area contributed by atoms with Crippen LogP contribution in [0.1, 0.15) is 27.7 Å². The summed E-state index contributed by atoms with van der Waals surface area (Å²) in [5.41, 5.74) is 1.84. The van der Waals surface area contributed by atoms with Crippen molar-refractivity contribution in [2.75, 3.05) is 13.6 Å². The van der Waals surface area contributed by atoms with Gasteiger partial charge in [-0.2, -0.15) is 0 Å². The number of nitrogens with zero attached hydrogens (tertiary/aromatic N) is 1. The van der Waals surface area contributed by atoms with Crippen LogP contribution in [-0.4, -0.2) is 24.5 Å². The van der Waals surface area contributed by atoms with Crippen LogP contribution in [0.15, 0.2) is 36.5 Å². The van der Waals surface area contributed by atoms with Crippen LogP contribution < -0.4 is 18.9 Å². The highest BCUT2D eigenvalue weighted by molar-refractivity contribution is 5.97. The highest BCUT2D eigenvalue weighted by Gasteiger charge is 2.37. The Bertz CT molecular complexity index is 1110. The Hall–Kier alpha value is -3.48. The van der Waals surface area contributed by atoms with E-state index in [2.05, 4.69) is 4.98 Å². The number of benzene rings is 2. The van der Waals surface area contributed by atoms with E-state index in [-0.39, 0.29) is 13.6 Å². The van der Waals surface area contributed by atoms with E-state index in [0.717, 1.165) is 16.3 Å². The summed E-state index contributed by atoms with van der Waals surface area (Å²) in [5, 5.41) is 1.78. The van der Waals surface area contributed by atoms with Crippen LogP contribution in [0.25, 0.3) is 10.8 Å². The Morgan fingerprint density at radius 3 is 2.38 bits per heavy atom. The van der Waals surface area contributed by atoms with Crippen LogP contribution in [0.3, 0.4) is 0 Å². The number of carbonyl (C=O) groups excluding carboxylic acids is 1. The van der Waals surface area contributed by atoms with Gasteiger partial charge < -0.3 is 23.7 Å². The minimum atomic E-state index is -0.615. The summed E-state index contributed by atoms with van der Waals surface area (Å²) in [4.78, 5) is 16.9. The van der Waals surface area contributed by atoms with Gasteiger partial charge in [-0.15, -0.1) is 0 Å². The van der Waals surface area contributed by atoms with Gasteiger partial charge in [-0.3, -0.25) is 4.98 Å². The van der Waals surface area contributed by atoms with Gasteiger partial charge in [-0.1, -0.05) is 0 Å². The zero-order valence-corrected chi connectivity index (χ0v) is 13.4. The highest BCUT2D eigenvalue weighted by atomic mass is 16.7. The maximum Gasteiger partial charge on any atom is 0.339 e. The van der Waals surface area contributed by atoms with E-state index in [1.165, 1.54) is 0 Å². The lowest BCUT2D eigenvalue weighted by molar-refractivity contribution is 0.0451. The first-order chi connectivity index (χ1) is 12.8. The van der Waals surface area contributed by atoms with Gasteiger partial charge >= 0.3 is 5.97 Å². The summed E-state index contributed by atoms with van der Waals surface area (Å²) in [7, 11) is 0. The van der Waals surface area contributed by atoms with Crippen LogP contribution in [0.4, 0.5) is 0 Å². The van der Waals surface area contributed by atoms with Crippen molar-refractivity contribution in [3.63, 3.8) is 0 Å². The number of fused-ring (bicyclic) bond motifs is 4. The quantitative estimate of drug-likeness (QED) is 0.625. The fourth-order valence-corrected chi connectivity index (χ4v) is 3.58. The molecule has 3 aliphatic heterocycles. The zero-order chi connectivity index (χ0) is 17.3. The Labute approximate surface area is 147 Å². The van der Waals surface area contributed by atoms with Crippen molar-refractivity contribution in [1.82, 2.24) is 4.98 Å². The van der Waals surface area contributed by atoms with Crippen LogP contribution in [0.5, 0.6) is 23.0 Å². The van der Waals surface area contributed by atoms with E-state index in [1.807, 2.05) is 18.2 Å². The molecule has 0 aliphatic carbocycles. The average molecular weight is 349 g/mol. The molecule has 4 heterocycles. The summed E-state index contributed by atoms with van der Waals surface area (Å²) in [5.74, 6) is 2.10. The summed E-state index contributed by atoms with van der Waals surface area (Å²) >= 11 is 0. The van der Waals surface area contributed by atoms with Crippen LogP contribution in [-0.2, 0) is 4.74 Å². The van der Waals surface area contributed by atoms with Crippen LogP contribution >= 0.6 is 0 Å². The predicted octanol–water partition coefficient (Wildman–Crippen LogP) is 2.95. The van der Waals surface area contributed by atoms with Crippen molar-refractivity contribution in [2.24, 2.45) is 0 Å². The fraction of sp³-hybridized carbons (Fsp3) is 0.158. The number of cyclic esters (lactones) is 1. The highest BCUT2D eigenvalue weighted by Crippen LogP contribution is 2.45. The number of rotatable bonds is 1. The average Bonchev–Trinajstić information content (AvgIpc) is 3.36. The van der Waals surface area contributed by atoms with Gasteiger partial charge in [-0.25, -0.2) is 4.79 Å². The molecule has 0 spiro atoms. The van der Waals surface area contributed by atoms with Crippen molar-refractivity contribution in [3.8, 4) is 23.0 Å². The third-order valence-corrected chi connectivity index (χ3v) is 4.81. The molecule has 0 radical (unpaired) electrons. The molecule has 3 aromatic rings. The van der Waals surface area contributed by atoms with Crippen LogP contribution in [0.2, 0.25) is 0 Å². The number of pyridine rings is 1. The lowest BCUT2D eigenvalue weighted by Crippen LogP contribution is -2.04. The molecule has 128 valence electrons. The molecule has 26 heavy (non-hydrogen) atoms. The molecular weight excluding hydrogens is 338 g/mol. The van der Waals surface area contributed by atoms with E-state index in [0.29, 0.717) is 34.3 Å². The Morgan fingerprint density at radius 1 is 0.885 bits per heavy atom. The summed E-state index contributed by atoms with van der Waals surface area (Å²) < 4.78 is 27.4. The number of carbonyl (C=O) groups is 1. The third-order valence-electron chi connectivity index (χ3n) is 4.81. The molecule has 1 atom stereocenters. The Morgan fingerprint density at radius 2 is 1.58 bits per heavy atom. The van der Waals surface area contributed by atoms with E-state index in [1.54, 1.807) is 18.3 Å². The number of esters is 1. The number of hydrogen-bond donors (Lipinski definition) is 0. The normalized spacial score (nSPS) is 18.9. The molecule has 3 aliphatic rings. The molecule has 0 unspecified atom stereocenters. The zero-order valence-electron chi connectivity index (χ0n) is 13.4. The molecule has 0 bridgehead atoms. The van der Waals surface area contributed by atoms with Gasteiger partial charge in [0.1, 0.15) is 0 Å². The van der Waals surface area contributed by atoms with Crippen molar-refractivity contribution < 1.29 is 28.5 Å². The standard InChI is InChI=1S/C19H11NO6/c21-19-12-6-16-15(24-8-25-16)5-11(12)18(26-19)17-10-4-14-13(22-7-23-14)3-9(10)1-2-20-17/h1-6,18H,7-8H2/t18-/m0/s1. The SMILES string of the molecule is O=C1O[C@H](c2nccc3cc4c(cc23)OCO4)c2cc3c(cc21)OCO3. The van der Waals surface area contributed by atoms with Crippen molar-refractivity contribution in [2.45, 2.75) is 6.10 Å². The number of aromatic nitrogens is 1. The number of hydrogen-bond acceptors (Lipinski definition) is 7. The first kappa shape index (κ1) is 13.8. The van der Waals surface area contributed by atoms with Crippen LogP contribution in [0, 0.1) is 0 Å². The van der Waals surface area contributed by atoms with Gasteiger partial charge in [0.05, 0.1) is 11.3 Å². The maximum atomic E-state index is 12.4. The smallest absolute Gasteiger partial charge is 0.339 e. The Balaban J connectivity index is 1.56. The first-order valence-corrected chi connectivity index (χ1v) is 8.11. The maximum absolute atomic E-state index is 12.4. The summed E-state index contributed by atoms with van der Waals surface area (Å²) in [6.07, 6.45) is 1.08. The molecule has 6 rings (SSSR count). The molecule has 0 saturated carbocycles. The van der Waals surface area contributed by atoms with E-state index >= 15 is 0 Å². The molecule has 0 amide bonds. The van der Waals surface area contributed by atoms with Crippen molar-refractivity contribution >= 4 is 16.7 Å². The summed E-state index contributed by atoms with van der Waals surface area (Å²) in [6, 6.07) is 9.12. The Kier molecular flexibility index (Phi) is 2.53. The van der Waals surface area contributed by atoms with Gasteiger partial charge in [0.25, 0.3) is 0 Å².